The maximum atomic E-state index is 6.83. The molecular formula is C36H55BrN4O2Si. The summed E-state index contributed by atoms with van der Waals surface area (Å²) in [6.07, 6.45) is 5.60. The van der Waals surface area contributed by atoms with Crippen molar-refractivity contribution >= 4 is 40.8 Å². The molecule has 2 aliphatic rings. The summed E-state index contributed by atoms with van der Waals surface area (Å²) < 4.78 is 16.4. The monoisotopic (exact) mass is 682 g/mol. The van der Waals surface area contributed by atoms with E-state index < -0.39 is 8.32 Å². The van der Waals surface area contributed by atoms with Crippen molar-refractivity contribution in [1.82, 2.24) is 14.5 Å². The topological polar surface area (TPSA) is 42.8 Å². The fourth-order valence-corrected chi connectivity index (χ4v) is 7.93. The number of aromatic nitrogens is 2. The summed E-state index contributed by atoms with van der Waals surface area (Å²) in [6, 6.07) is 9.96. The first kappa shape index (κ1) is 33.6. The van der Waals surface area contributed by atoms with Crippen molar-refractivity contribution in [3.8, 4) is 11.3 Å². The van der Waals surface area contributed by atoms with Crippen LogP contribution in [0.2, 0.25) is 18.1 Å². The number of halogens is 1. The van der Waals surface area contributed by atoms with Gasteiger partial charge in [-0.15, -0.1) is 0 Å². The molecule has 1 aliphatic heterocycles. The molecular weight excluding hydrogens is 628 g/mol. The van der Waals surface area contributed by atoms with Gasteiger partial charge < -0.3 is 18.6 Å². The molecule has 3 heterocycles. The van der Waals surface area contributed by atoms with Crippen LogP contribution >= 0.6 is 15.9 Å². The maximum absolute atomic E-state index is 6.83. The number of hydrogen-bond donors (Lipinski definition) is 0. The largest absolute Gasteiger partial charge is 0.416 e. The van der Waals surface area contributed by atoms with Gasteiger partial charge in [0.1, 0.15) is 0 Å². The van der Waals surface area contributed by atoms with Crippen molar-refractivity contribution in [3.63, 3.8) is 0 Å². The zero-order valence-electron chi connectivity index (χ0n) is 28.9. The smallest absolute Gasteiger partial charge is 0.192 e. The van der Waals surface area contributed by atoms with Gasteiger partial charge in [0, 0.05) is 73.4 Å². The summed E-state index contributed by atoms with van der Waals surface area (Å²) in [5.74, 6) is 0. The predicted molar refractivity (Wildman–Crippen MR) is 191 cm³/mol. The Labute approximate surface area is 275 Å². The lowest BCUT2D eigenvalue weighted by molar-refractivity contribution is 0.116. The van der Waals surface area contributed by atoms with Crippen LogP contribution in [0.1, 0.15) is 78.7 Å². The van der Waals surface area contributed by atoms with Crippen molar-refractivity contribution in [3.05, 3.63) is 46.2 Å². The summed E-state index contributed by atoms with van der Waals surface area (Å²) in [5, 5.41) is 1.48. The minimum Gasteiger partial charge on any atom is -0.416 e. The third-order valence-electron chi connectivity index (χ3n) is 10.4. The van der Waals surface area contributed by atoms with E-state index in [9.17, 15) is 0 Å². The van der Waals surface area contributed by atoms with Crippen molar-refractivity contribution in [2.24, 2.45) is 5.41 Å². The van der Waals surface area contributed by atoms with Crippen molar-refractivity contribution in [2.45, 2.75) is 105 Å². The molecule has 8 heteroatoms. The normalized spacial score (nSPS) is 17.9. The summed E-state index contributed by atoms with van der Waals surface area (Å²) in [6.45, 7) is 26.7. The van der Waals surface area contributed by atoms with E-state index >= 15 is 0 Å². The van der Waals surface area contributed by atoms with Crippen LogP contribution in [0.4, 0.5) is 5.69 Å². The Morgan fingerprint density at radius 3 is 2.32 bits per heavy atom. The first-order valence-corrected chi connectivity index (χ1v) is 20.3. The van der Waals surface area contributed by atoms with Crippen LogP contribution in [-0.4, -0.2) is 68.7 Å². The minimum absolute atomic E-state index is 0.0589. The number of rotatable bonds is 11. The first-order chi connectivity index (χ1) is 20.7. The molecule has 1 aliphatic carbocycles. The van der Waals surface area contributed by atoms with Crippen LogP contribution < -0.4 is 4.90 Å². The van der Waals surface area contributed by atoms with Crippen LogP contribution in [0, 0.1) is 5.41 Å². The Morgan fingerprint density at radius 1 is 1.05 bits per heavy atom. The number of piperazine rings is 1. The molecule has 2 aromatic heterocycles. The number of benzene rings is 1. The van der Waals surface area contributed by atoms with E-state index in [0.717, 1.165) is 62.0 Å². The molecule has 1 aromatic carbocycles. The molecule has 0 N–H and O–H groups in total. The van der Waals surface area contributed by atoms with E-state index in [0.29, 0.717) is 0 Å². The van der Waals surface area contributed by atoms with Gasteiger partial charge in [0.15, 0.2) is 8.32 Å². The zero-order chi connectivity index (χ0) is 32.0. The van der Waals surface area contributed by atoms with Crippen LogP contribution in [0.3, 0.4) is 0 Å². The summed E-state index contributed by atoms with van der Waals surface area (Å²) >= 11 is 3.80. The van der Waals surface area contributed by atoms with E-state index in [1.165, 1.54) is 46.3 Å². The van der Waals surface area contributed by atoms with Gasteiger partial charge in [0.05, 0.1) is 29.4 Å². The summed E-state index contributed by atoms with van der Waals surface area (Å²) in [4.78, 5) is 10.3. The fraction of sp³-hybridized carbons (Fsp3) is 0.639. The third-order valence-corrected chi connectivity index (χ3v) is 15.3. The van der Waals surface area contributed by atoms with Gasteiger partial charge in [-0.3, -0.25) is 9.88 Å². The standard InChI is InChI=1S/C36H55BrN4O2Si/c1-11-41-32-15-12-26(37)20-29(32)31(22-36(6,7)24-43-44(9,10)35(3,4)5)34(41)30-21-28(23-38-33(30)25(2)42-8)40-18-16-39(17-19-40)27-13-14-27/h12,15,20-21,23,25,27H,11,13-14,16-19,22,24H2,1-10H3. The molecule has 6 nitrogen and oxygen atoms in total. The Hall–Kier alpha value is -1.71. The van der Waals surface area contributed by atoms with Gasteiger partial charge in [-0.25, -0.2) is 0 Å². The van der Waals surface area contributed by atoms with Crippen LogP contribution in [0.15, 0.2) is 34.9 Å². The summed E-state index contributed by atoms with van der Waals surface area (Å²) in [5.41, 5.74) is 7.24. The van der Waals surface area contributed by atoms with Gasteiger partial charge >= 0.3 is 0 Å². The molecule has 1 unspecified atom stereocenters. The molecule has 1 saturated carbocycles. The molecule has 242 valence electrons. The highest BCUT2D eigenvalue weighted by molar-refractivity contribution is 9.10. The second-order valence-corrected chi connectivity index (χ2v) is 21.1. The van der Waals surface area contributed by atoms with Crippen molar-refractivity contribution in [2.75, 3.05) is 44.8 Å². The van der Waals surface area contributed by atoms with Gasteiger partial charge in [-0.1, -0.05) is 50.5 Å². The molecule has 0 radical (unpaired) electrons. The number of fused-ring (bicyclic) bond motifs is 1. The van der Waals surface area contributed by atoms with Crippen LogP contribution in [0.25, 0.3) is 22.2 Å². The second kappa shape index (κ2) is 12.8. The number of nitrogens with zero attached hydrogens (tertiary/aromatic N) is 4. The third kappa shape index (κ3) is 6.99. The van der Waals surface area contributed by atoms with Gasteiger partial charge in [-0.05, 0) is 86.5 Å². The van der Waals surface area contributed by atoms with E-state index in [1.807, 2.05) is 0 Å². The SMILES string of the molecule is CCn1c(-c2cc(N3CCN(C4CC4)CC3)cnc2C(C)OC)c(CC(C)(C)CO[Si](C)(C)C(C)(C)C)c2cc(Br)ccc21. The van der Waals surface area contributed by atoms with Crippen molar-refractivity contribution < 1.29 is 9.16 Å². The zero-order valence-corrected chi connectivity index (χ0v) is 31.5. The molecule has 1 saturated heterocycles. The Bertz CT molecular complexity index is 1470. The van der Waals surface area contributed by atoms with E-state index in [4.69, 9.17) is 14.1 Å². The molecule has 0 amide bonds. The molecule has 2 fully saturated rings. The predicted octanol–water partition coefficient (Wildman–Crippen LogP) is 9.07. The van der Waals surface area contributed by atoms with Crippen LogP contribution in [-0.2, 0) is 22.1 Å². The number of aryl methyl sites for hydroxylation is 1. The number of hydrogen-bond acceptors (Lipinski definition) is 5. The van der Waals surface area contributed by atoms with E-state index in [1.54, 1.807) is 7.11 Å². The molecule has 44 heavy (non-hydrogen) atoms. The number of anilines is 1. The van der Waals surface area contributed by atoms with Gasteiger partial charge in [0.25, 0.3) is 0 Å². The molecule has 1 atom stereocenters. The number of pyridine rings is 1. The Balaban J connectivity index is 1.61. The second-order valence-electron chi connectivity index (χ2n) is 15.4. The minimum atomic E-state index is -1.89. The van der Waals surface area contributed by atoms with E-state index in [-0.39, 0.29) is 16.6 Å². The average Bonchev–Trinajstić information content (AvgIpc) is 3.79. The highest BCUT2D eigenvalue weighted by atomic mass is 79.9. The molecule has 3 aromatic rings. The number of methoxy groups -OCH3 is 1. The van der Waals surface area contributed by atoms with Crippen LogP contribution in [0.5, 0.6) is 0 Å². The summed E-state index contributed by atoms with van der Waals surface area (Å²) in [7, 11) is -0.0982. The Kier molecular flexibility index (Phi) is 9.81. The van der Waals surface area contributed by atoms with E-state index in [2.05, 4.69) is 122 Å². The van der Waals surface area contributed by atoms with Gasteiger partial charge in [0.2, 0.25) is 0 Å². The molecule has 0 spiro atoms. The molecule has 5 rings (SSSR count). The quantitative estimate of drug-likeness (QED) is 0.189. The maximum Gasteiger partial charge on any atom is 0.192 e. The lowest BCUT2D eigenvalue weighted by Gasteiger charge is -2.39. The lowest BCUT2D eigenvalue weighted by atomic mass is 9.84. The average molecular weight is 684 g/mol. The van der Waals surface area contributed by atoms with Gasteiger partial charge in [-0.2, -0.15) is 0 Å². The fourth-order valence-electron chi connectivity index (χ4n) is 6.38. The highest BCUT2D eigenvalue weighted by Crippen LogP contribution is 2.43. The highest BCUT2D eigenvalue weighted by Gasteiger charge is 2.39. The lowest BCUT2D eigenvalue weighted by Crippen LogP contribution is -2.47. The first-order valence-electron chi connectivity index (χ1n) is 16.6. The van der Waals surface area contributed by atoms with Crippen molar-refractivity contribution in [1.29, 1.82) is 0 Å². The molecule has 0 bridgehead atoms. The number of ether oxygens (including phenoxy) is 1. The Morgan fingerprint density at radius 2 is 1.73 bits per heavy atom.